The highest BCUT2D eigenvalue weighted by Gasteiger charge is 2.10. The minimum Gasteiger partial charge on any atom is -0.494 e. The van der Waals surface area contributed by atoms with Gasteiger partial charge in [-0.2, -0.15) is 0 Å². The van der Waals surface area contributed by atoms with Crippen molar-refractivity contribution in [2.45, 2.75) is 26.7 Å². The SMILES string of the molecule is CCNC(=O)NC(=O)COC(=O)CCCOc1cccc(C)c1. The molecule has 0 heterocycles. The first-order chi connectivity index (χ1) is 11.0. The summed E-state index contributed by atoms with van der Waals surface area (Å²) in [5.41, 5.74) is 1.10. The first-order valence-corrected chi connectivity index (χ1v) is 7.44. The molecule has 0 aliphatic carbocycles. The summed E-state index contributed by atoms with van der Waals surface area (Å²) in [5.74, 6) is -0.427. The summed E-state index contributed by atoms with van der Waals surface area (Å²) in [6, 6.07) is 7.00. The van der Waals surface area contributed by atoms with E-state index in [0.29, 0.717) is 19.6 Å². The predicted molar refractivity (Wildman–Crippen MR) is 84.1 cm³/mol. The smallest absolute Gasteiger partial charge is 0.321 e. The topological polar surface area (TPSA) is 93.7 Å². The van der Waals surface area contributed by atoms with Gasteiger partial charge in [-0.15, -0.1) is 0 Å². The van der Waals surface area contributed by atoms with Crippen LogP contribution >= 0.6 is 0 Å². The Kier molecular flexibility index (Phi) is 8.20. The second kappa shape index (κ2) is 10.2. The number of carbonyl (C=O) groups excluding carboxylic acids is 3. The van der Waals surface area contributed by atoms with Crippen LogP contribution in [0, 0.1) is 6.92 Å². The van der Waals surface area contributed by atoms with Crippen LogP contribution in [0.3, 0.4) is 0 Å². The van der Waals surface area contributed by atoms with E-state index in [1.807, 2.05) is 36.5 Å². The molecule has 0 fully saturated rings. The van der Waals surface area contributed by atoms with E-state index in [9.17, 15) is 14.4 Å². The third-order valence-corrected chi connectivity index (χ3v) is 2.74. The summed E-state index contributed by atoms with van der Waals surface area (Å²) < 4.78 is 10.3. The van der Waals surface area contributed by atoms with Gasteiger partial charge in [0.25, 0.3) is 5.91 Å². The van der Waals surface area contributed by atoms with Crippen LogP contribution in [-0.4, -0.2) is 37.7 Å². The van der Waals surface area contributed by atoms with Crippen molar-refractivity contribution in [1.82, 2.24) is 10.6 Å². The van der Waals surface area contributed by atoms with Crippen molar-refractivity contribution in [2.75, 3.05) is 19.8 Å². The molecule has 1 aromatic rings. The molecule has 0 radical (unpaired) electrons. The maximum atomic E-state index is 11.5. The zero-order chi connectivity index (χ0) is 17.1. The first-order valence-electron chi connectivity index (χ1n) is 7.44. The number of amides is 3. The number of imide groups is 1. The number of carbonyl (C=O) groups is 3. The van der Waals surface area contributed by atoms with Crippen LogP contribution in [0.1, 0.15) is 25.3 Å². The summed E-state index contributed by atoms with van der Waals surface area (Å²) in [6.07, 6.45) is 0.616. The molecule has 0 aliphatic rings. The van der Waals surface area contributed by atoms with Gasteiger partial charge in [0.2, 0.25) is 0 Å². The lowest BCUT2D eigenvalue weighted by atomic mass is 10.2. The first kappa shape index (κ1) is 18.5. The Labute approximate surface area is 135 Å². The van der Waals surface area contributed by atoms with Gasteiger partial charge in [0.15, 0.2) is 6.61 Å². The second-order valence-corrected chi connectivity index (χ2v) is 4.84. The van der Waals surface area contributed by atoms with Crippen molar-refractivity contribution in [1.29, 1.82) is 0 Å². The fraction of sp³-hybridized carbons (Fsp3) is 0.438. The third-order valence-electron chi connectivity index (χ3n) is 2.74. The van der Waals surface area contributed by atoms with Crippen LogP contribution in [0.2, 0.25) is 0 Å². The van der Waals surface area contributed by atoms with Gasteiger partial charge in [-0.25, -0.2) is 4.79 Å². The van der Waals surface area contributed by atoms with E-state index < -0.39 is 24.5 Å². The Morgan fingerprint density at radius 2 is 2.00 bits per heavy atom. The van der Waals surface area contributed by atoms with Crippen LogP contribution in [0.25, 0.3) is 0 Å². The second-order valence-electron chi connectivity index (χ2n) is 4.84. The van der Waals surface area contributed by atoms with Gasteiger partial charge in [-0.05, 0) is 38.0 Å². The molecule has 1 aromatic carbocycles. The molecule has 2 N–H and O–H groups in total. The van der Waals surface area contributed by atoms with Gasteiger partial charge in [0.1, 0.15) is 5.75 Å². The zero-order valence-corrected chi connectivity index (χ0v) is 13.4. The summed E-state index contributed by atoms with van der Waals surface area (Å²) in [7, 11) is 0. The quantitative estimate of drug-likeness (QED) is 0.559. The molecule has 0 saturated heterocycles. The number of ether oxygens (including phenoxy) is 2. The molecule has 0 unspecified atom stereocenters. The Bertz CT molecular complexity index is 545. The minimum atomic E-state index is -0.666. The molecule has 7 nitrogen and oxygen atoms in total. The Morgan fingerprint density at radius 3 is 2.70 bits per heavy atom. The van der Waals surface area contributed by atoms with E-state index in [-0.39, 0.29) is 6.42 Å². The molecule has 0 bridgehead atoms. The summed E-state index contributed by atoms with van der Waals surface area (Å²) in [6.45, 7) is 4.00. The molecule has 3 amide bonds. The molecular weight excluding hydrogens is 300 g/mol. The highest BCUT2D eigenvalue weighted by Crippen LogP contribution is 2.12. The molecule has 23 heavy (non-hydrogen) atoms. The fourth-order valence-corrected chi connectivity index (χ4v) is 1.70. The predicted octanol–water partition coefficient (Wildman–Crippen LogP) is 1.54. The van der Waals surface area contributed by atoms with Crippen LogP contribution in [0.4, 0.5) is 4.79 Å². The van der Waals surface area contributed by atoms with E-state index in [0.717, 1.165) is 11.3 Å². The lowest BCUT2D eigenvalue weighted by Crippen LogP contribution is -2.41. The van der Waals surface area contributed by atoms with Gasteiger partial charge in [-0.3, -0.25) is 14.9 Å². The van der Waals surface area contributed by atoms with Gasteiger partial charge in [-0.1, -0.05) is 12.1 Å². The number of hydrogen-bond donors (Lipinski definition) is 2. The van der Waals surface area contributed by atoms with Crippen LogP contribution < -0.4 is 15.4 Å². The minimum absolute atomic E-state index is 0.139. The number of esters is 1. The summed E-state index contributed by atoms with van der Waals surface area (Å²) >= 11 is 0. The van der Waals surface area contributed by atoms with Gasteiger partial charge < -0.3 is 14.8 Å². The number of benzene rings is 1. The molecule has 7 heteroatoms. The molecule has 0 spiro atoms. The molecule has 0 atom stereocenters. The molecule has 1 rings (SSSR count). The van der Waals surface area contributed by atoms with Crippen molar-refractivity contribution < 1.29 is 23.9 Å². The molecule has 0 aliphatic heterocycles. The van der Waals surface area contributed by atoms with Gasteiger partial charge in [0, 0.05) is 13.0 Å². The Balaban J connectivity index is 2.12. The lowest BCUT2D eigenvalue weighted by molar-refractivity contribution is -0.148. The summed E-state index contributed by atoms with van der Waals surface area (Å²) in [4.78, 5) is 33.8. The summed E-state index contributed by atoms with van der Waals surface area (Å²) in [5, 5.41) is 4.44. The van der Waals surface area contributed by atoms with Gasteiger partial charge >= 0.3 is 12.0 Å². The highest BCUT2D eigenvalue weighted by atomic mass is 16.5. The van der Waals surface area contributed by atoms with Crippen molar-refractivity contribution in [3.8, 4) is 5.75 Å². The van der Waals surface area contributed by atoms with Crippen molar-refractivity contribution in [3.63, 3.8) is 0 Å². The monoisotopic (exact) mass is 322 g/mol. The Morgan fingerprint density at radius 1 is 1.22 bits per heavy atom. The fourth-order valence-electron chi connectivity index (χ4n) is 1.70. The molecule has 126 valence electrons. The van der Waals surface area contributed by atoms with E-state index in [1.165, 1.54) is 0 Å². The molecule has 0 saturated carbocycles. The molecular formula is C16H22N2O5. The molecule has 0 aromatic heterocycles. The lowest BCUT2D eigenvalue weighted by Gasteiger charge is -2.07. The van der Waals surface area contributed by atoms with Gasteiger partial charge in [0.05, 0.1) is 6.61 Å². The van der Waals surface area contributed by atoms with E-state index in [4.69, 9.17) is 9.47 Å². The van der Waals surface area contributed by atoms with Crippen molar-refractivity contribution in [3.05, 3.63) is 29.8 Å². The van der Waals surface area contributed by atoms with Crippen LogP contribution in [0.5, 0.6) is 5.75 Å². The normalized spacial score (nSPS) is 9.83. The average Bonchev–Trinajstić information content (AvgIpc) is 2.50. The van der Waals surface area contributed by atoms with Crippen LogP contribution in [0.15, 0.2) is 24.3 Å². The Hall–Kier alpha value is -2.57. The number of aryl methyl sites for hydroxylation is 1. The number of nitrogens with one attached hydrogen (secondary N) is 2. The maximum Gasteiger partial charge on any atom is 0.321 e. The number of urea groups is 1. The number of hydrogen-bond acceptors (Lipinski definition) is 5. The highest BCUT2D eigenvalue weighted by molar-refractivity contribution is 5.95. The third kappa shape index (κ3) is 8.45. The number of rotatable bonds is 8. The van der Waals surface area contributed by atoms with Crippen LogP contribution in [-0.2, 0) is 14.3 Å². The van der Waals surface area contributed by atoms with Crippen molar-refractivity contribution >= 4 is 17.9 Å². The van der Waals surface area contributed by atoms with E-state index in [1.54, 1.807) is 6.92 Å². The average molecular weight is 322 g/mol. The standard InChI is InChI=1S/C16H22N2O5/c1-3-17-16(21)18-14(19)11-23-15(20)8-5-9-22-13-7-4-6-12(2)10-13/h4,6-7,10H,3,5,8-9,11H2,1-2H3,(H2,17,18,19,21). The maximum absolute atomic E-state index is 11.5. The largest absolute Gasteiger partial charge is 0.494 e. The van der Waals surface area contributed by atoms with Crippen molar-refractivity contribution in [2.24, 2.45) is 0 Å². The van der Waals surface area contributed by atoms with E-state index in [2.05, 4.69) is 5.32 Å². The zero-order valence-electron chi connectivity index (χ0n) is 13.4. The van der Waals surface area contributed by atoms with E-state index >= 15 is 0 Å².